The average Bonchev–Trinajstić information content (AvgIpc) is 3.26. The maximum atomic E-state index is 13.6. The quantitative estimate of drug-likeness (QED) is 0.532. The molecule has 0 unspecified atom stereocenters. The van der Waals surface area contributed by atoms with Crippen molar-refractivity contribution in [2.24, 2.45) is 0 Å². The number of carbonyl (C=O) groups is 1. The van der Waals surface area contributed by atoms with E-state index in [-0.39, 0.29) is 5.69 Å². The number of hydrogen-bond donors (Lipinski definition) is 2. The molecule has 144 valence electrons. The molecule has 0 aliphatic heterocycles. The van der Waals surface area contributed by atoms with Crippen molar-refractivity contribution < 1.29 is 13.9 Å². The van der Waals surface area contributed by atoms with Gasteiger partial charge in [-0.1, -0.05) is 12.1 Å². The molecule has 0 aliphatic rings. The van der Waals surface area contributed by atoms with Gasteiger partial charge < -0.3 is 15.4 Å². The van der Waals surface area contributed by atoms with Gasteiger partial charge in [-0.15, -0.1) is 0 Å². The summed E-state index contributed by atoms with van der Waals surface area (Å²) in [7, 11) is 0. The monoisotopic (exact) mass is 390 g/mol. The van der Waals surface area contributed by atoms with Gasteiger partial charge in [0, 0.05) is 24.1 Å². The lowest BCUT2D eigenvalue weighted by molar-refractivity contribution is 0.262. The number of anilines is 2. The number of amides is 2. The minimum atomic E-state index is -0.551. The number of rotatable bonds is 5. The normalized spacial score (nSPS) is 10.4. The first kappa shape index (κ1) is 18.1. The van der Waals surface area contributed by atoms with Gasteiger partial charge in [-0.05, 0) is 36.4 Å². The van der Waals surface area contributed by atoms with Crippen LogP contribution in [-0.2, 0) is 0 Å². The van der Waals surface area contributed by atoms with Crippen LogP contribution in [-0.4, -0.2) is 25.6 Å². The second-order valence-electron chi connectivity index (χ2n) is 5.87. The number of nitrogens with one attached hydrogen (secondary N) is 2. The number of carbonyl (C=O) groups excluding carboxylic acids is 1. The molecular formula is C20H15FN6O2. The molecule has 29 heavy (non-hydrogen) atoms. The van der Waals surface area contributed by atoms with E-state index in [1.807, 2.05) is 0 Å². The molecule has 2 aromatic carbocycles. The summed E-state index contributed by atoms with van der Waals surface area (Å²) in [6, 6.07) is 13.7. The Bertz CT molecular complexity index is 1120. The Morgan fingerprint density at radius 2 is 1.86 bits per heavy atom. The molecule has 2 heterocycles. The van der Waals surface area contributed by atoms with Crippen molar-refractivity contribution in [1.29, 1.82) is 0 Å². The fourth-order valence-corrected chi connectivity index (χ4v) is 2.50. The zero-order valence-corrected chi connectivity index (χ0v) is 15.0. The van der Waals surface area contributed by atoms with Crippen molar-refractivity contribution in [2.45, 2.75) is 0 Å². The van der Waals surface area contributed by atoms with Crippen molar-refractivity contribution in [3.05, 3.63) is 85.5 Å². The van der Waals surface area contributed by atoms with Crippen LogP contribution in [0.15, 0.2) is 79.6 Å². The van der Waals surface area contributed by atoms with Crippen LogP contribution in [0.25, 0.3) is 5.82 Å². The number of imidazole rings is 1. The maximum Gasteiger partial charge on any atom is 0.323 e. The van der Waals surface area contributed by atoms with E-state index < -0.39 is 11.8 Å². The Balaban J connectivity index is 1.39. The maximum absolute atomic E-state index is 13.6. The molecule has 2 N–H and O–H groups in total. The molecule has 0 bridgehead atoms. The fraction of sp³-hybridized carbons (Fsp3) is 0. The van der Waals surface area contributed by atoms with Crippen LogP contribution >= 0.6 is 0 Å². The third-order valence-electron chi connectivity index (χ3n) is 3.85. The van der Waals surface area contributed by atoms with Gasteiger partial charge in [0.25, 0.3) is 0 Å². The number of halogens is 1. The number of hydrogen-bond acceptors (Lipinski definition) is 5. The van der Waals surface area contributed by atoms with E-state index in [0.29, 0.717) is 23.1 Å². The number of aromatic nitrogens is 4. The number of ether oxygens (including phenoxy) is 1. The second-order valence-corrected chi connectivity index (χ2v) is 5.87. The lowest BCUT2D eigenvalue weighted by atomic mass is 10.3. The highest BCUT2D eigenvalue weighted by Gasteiger charge is 2.07. The first-order valence-electron chi connectivity index (χ1n) is 8.58. The highest BCUT2D eigenvalue weighted by Crippen LogP contribution is 2.22. The van der Waals surface area contributed by atoms with E-state index in [1.165, 1.54) is 18.5 Å². The predicted molar refractivity (Wildman–Crippen MR) is 105 cm³/mol. The van der Waals surface area contributed by atoms with Crippen molar-refractivity contribution in [3.63, 3.8) is 0 Å². The topological polar surface area (TPSA) is 94.0 Å². The van der Waals surface area contributed by atoms with Crippen LogP contribution < -0.4 is 15.4 Å². The molecule has 0 radical (unpaired) electrons. The molecule has 0 saturated heterocycles. The fourth-order valence-electron chi connectivity index (χ4n) is 2.50. The van der Waals surface area contributed by atoms with E-state index in [9.17, 15) is 9.18 Å². The number of para-hydroxylation sites is 1. The van der Waals surface area contributed by atoms with Gasteiger partial charge in [-0.3, -0.25) is 4.57 Å². The molecule has 0 spiro atoms. The average molecular weight is 390 g/mol. The Morgan fingerprint density at radius 1 is 1.03 bits per heavy atom. The Labute approximate surface area is 165 Å². The summed E-state index contributed by atoms with van der Waals surface area (Å²) >= 11 is 0. The summed E-state index contributed by atoms with van der Waals surface area (Å²) in [4.78, 5) is 24.2. The molecule has 0 atom stereocenters. The summed E-state index contributed by atoms with van der Waals surface area (Å²) in [5.74, 6) is 1.00. The standard InChI is InChI=1S/C20H15FN6O2/c21-16-3-1-2-4-17(16)26-20(28)25-14-5-7-15(8-6-14)29-19-11-18(23-12-24-19)27-10-9-22-13-27/h1-13H,(H2,25,26,28). The van der Waals surface area contributed by atoms with Crippen molar-refractivity contribution in [1.82, 2.24) is 19.5 Å². The summed E-state index contributed by atoms with van der Waals surface area (Å²) in [6.45, 7) is 0. The molecule has 2 aromatic heterocycles. The van der Waals surface area contributed by atoms with Crippen molar-refractivity contribution in [2.75, 3.05) is 10.6 Å². The minimum Gasteiger partial charge on any atom is -0.439 e. The van der Waals surface area contributed by atoms with E-state index >= 15 is 0 Å². The molecule has 4 rings (SSSR count). The summed E-state index contributed by atoms with van der Waals surface area (Å²) in [5.41, 5.74) is 0.621. The SMILES string of the molecule is O=C(Nc1ccc(Oc2cc(-n3ccnc3)ncn2)cc1)Nc1ccccc1F. The first-order valence-corrected chi connectivity index (χ1v) is 8.58. The number of urea groups is 1. The molecule has 0 aliphatic carbocycles. The van der Waals surface area contributed by atoms with Crippen LogP contribution in [0.5, 0.6) is 11.6 Å². The smallest absolute Gasteiger partial charge is 0.323 e. The van der Waals surface area contributed by atoms with Gasteiger partial charge in [-0.2, -0.15) is 0 Å². The lowest BCUT2D eigenvalue weighted by Gasteiger charge is -2.10. The Hall–Kier alpha value is -4.27. The summed E-state index contributed by atoms with van der Waals surface area (Å²) in [5, 5.41) is 5.08. The van der Waals surface area contributed by atoms with Gasteiger partial charge in [0.2, 0.25) is 5.88 Å². The van der Waals surface area contributed by atoms with E-state index in [1.54, 1.807) is 65.8 Å². The largest absolute Gasteiger partial charge is 0.439 e. The minimum absolute atomic E-state index is 0.0995. The van der Waals surface area contributed by atoms with Crippen LogP contribution in [0.4, 0.5) is 20.6 Å². The zero-order chi connectivity index (χ0) is 20.1. The van der Waals surface area contributed by atoms with Crippen molar-refractivity contribution in [3.8, 4) is 17.4 Å². The van der Waals surface area contributed by atoms with Crippen molar-refractivity contribution >= 4 is 17.4 Å². The molecule has 9 heteroatoms. The highest BCUT2D eigenvalue weighted by molar-refractivity contribution is 5.99. The molecular weight excluding hydrogens is 375 g/mol. The number of benzene rings is 2. The summed E-state index contributed by atoms with van der Waals surface area (Å²) < 4.78 is 21.1. The van der Waals surface area contributed by atoms with E-state index in [0.717, 1.165) is 0 Å². The van der Waals surface area contributed by atoms with E-state index in [4.69, 9.17) is 4.74 Å². The molecule has 2 amide bonds. The highest BCUT2D eigenvalue weighted by atomic mass is 19.1. The molecule has 8 nitrogen and oxygen atoms in total. The van der Waals surface area contributed by atoms with Crippen LogP contribution in [0.1, 0.15) is 0 Å². The van der Waals surface area contributed by atoms with Gasteiger partial charge in [0.1, 0.15) is 30.0 Å². The van der Waals surface area contributed by atoms with Gasteiger partial charge in [-0.25, -0.2) is 24.1 Å². The Morgan fingerprint density at radius 3 is 2.62 bits per heavy atom. The van der Waals surface area contributed by atoms with Gasteiger partial charge in [0.15, 0.2) is 0 Å². The van der Waals surface area contributed by atoms with Crippen LogP contribution in [0, 0.1) is 5.82 Å². The van der Waals surface area contributed by atoms with Crippen LogP contribution in [0.3, 0.4) is 0 Å². The zero-order valence-electron chi connectivity index (χ0n) is 15.0. The predicted octanol–water partition coefficient (Wildman–Crippen LogP) is 4.24. The van der Waals surface area contributed by atoms with Crippen LogP contribution in [0.2, 0.25) is 0 Å². The molecule has 0 saturated carbocycles. The van der Waals surface area contributed by atoms with E-state index in [2.05, 4.69) is 25.6 Å². The Kier molecular flexibility index (Phi) is 5.10. The van der Waals surface area contributed by atoms with Gasteiger partial charge >= 0.3 is 6.03 Å². The van der Waals surface area contributed by atoms with Gasteiger partial charge in [0.05, 0.1) is 5.69 Å². The molecule has 0 fully saturated rings. The first-order chi connectivity index (χ1) is 14.2. The summed E-state index contributed by atoms with van der Waals surface area (Å²) in [6.07, 6.45) is 6.43. The lowest BCUT2D eigenvalue weighted by Crippen LogP contribution is -2.20. The molecule has 4 aromatic rings. The third kappa shape index (κ3) is 4.53. The second kappa shape index (κ2) is 8.17. The number of nitrogens with zero attached hydrogens (tertiary/aromatic N) is 4. The third-order valence-corrected chi connectivity index (χ3v) is 3.85.